The van der Waals surface area contributed by atoms with Crippen LogP contribution in [0.15, 0.2) is 41.7 Å². The molecule has 0 radical (unpaired) electrons. The molecule has 0 aliphatic rings. The van der Waals surface area contributed by atoms with Gasteiger partial charge in [0.1, 0.15) is 0 Å². The highest BCUT2D eigenvalue weighted by atomic mass is 19.4. The van der Waals surface area contributed by atoms with Crippen LogP contribution in [-0.4, -0.2) is 29.3 Å². The fourth-order valence-electron chi connectivity index (χ4n) is 2.16. The van der Waals surface area contributed by atoms with Crippen molar-refractivity contribution in [3.05, 3.63) is 53.3 Å². The van der Waals surface area contributed by atoms with Crippen molar-refractivity contribution in [3.63, 3.8) is 0 Å². The van der Waals surface area contributed by atoms with E-state index in [2.05, 4.69) is 20.7 Å². The molecule has 1 aromatic carbocycles. The topological polar surface area (TPSA) is 54.2 Å². The quantitative estimate of drug-likeness (QED) is 0.649. The molecule has 2 rings (SSSR count). The summed E-state index contributed by atoms with van der Waals surface area (Å²) in [4.78, 5) is 4.11. The van der Waals surface area contributed by atoms with Gasteiger partial charge >= 0.3 is 6.18 Å². The predicted octanol–water partition coefficient (Wildman–Crippen LogP) is 2.35. The summed E-state index contributed by atoms with van der Waals surface area (Å²) in [6.07, 6.45) is -0.0221. The van der Waals surface area contributed by atoms with E-state index in [1.54, 1.807) is 17.9 Å². The lowest BCUT2D eigenvalue weighted by Gasteiger charge is -2.11. The molecule has 0 aliphatic heterocycles. The van der Waals surface area contributed by atoms with Crippen molar-refractivity contribution in [1.29, 1.82) is 0 Å². The Morgan fingerprint density at radius 2 is 1.88 bits per heavy atom. The summed E-state index contributed by atoms with van der Waals surface area (Å²) < 4.78 is 39.2. The second-order valence-electron chi connectivity index (χ2n) is 5.32. The maximum Gasteiger partial charge on any atom is 0.416 e. The summed E-state index contributed by atoms with van der Waals surface area (Å²) >= 11 is 0. The van der Waals surface area contributed by atoms with Crippen LogP contribution in [0, 0.1) is 0 Å². The smallest absolute Gasteiger partial charge is 0.356 e. The summed E-state index contributed by atoms with van der Waals surface area (Å²) in [5.74, 6) is 0.630. The molecule has 0 fully saturated rings. The Kier molecular flexibility index (Phi) is 5.83. The largest absolute Gasteiger partial charge is 0.416 e. The van der Waals surface area contributed by atoms with Gasteiger partial charge in [-0.25, -0.2) is 0 Å². The Balaban J connectivity index is 1.77. The molecule has 0 bridgehead atoms. The van der Waals surface area contributed by atoms with E-state index in [0.717, 1.165) is 23.3 Å². The van der Waals surface area contributed by atoms with Crippen LogP contribution in [0.25, 0.3) is 0 Å². The van der Waals surface area contributed by atoms with Crippen molar-refractivity contribution >= 4 is 5.96 Å². The average molecular weight is 339 g/mol. The molecule has 0 spiro atoms. The SMILES string of the molecule is CN=C(NCCc1ccc(C(F)(F)F)cc1)NCc1cnn(C)c1. The molecule has 0 saturated carbocycles. The van der Waals surface area contributed by atoms with E-state index in [1.165, 1.54) is 12.1 Å². The number of hydrogen-bond acceptors (Lipinski definition) is 2. The molecule has 5 nitrogen and oxygen atoms in total. The first kappa shape index (κ1) is 17.8. The fraction of sp³-hybridized carbons (Fsp3) is 0.375. The van der Waals surface area contributed by atoms with Gasteiger partial charge in [-0.2, -0.15) is 18.3 Å². The van der Waals surface area contributed by atoms with Gasteiger partial charge in [-0.3, -0.25) is 9.67 Å². The molecular weight excluding hydrogens is 319 g/mol. The number of halogens is 3. The zero-order valence-electron chi connectivity index (χ0n) is 13.6. The number of hydrogen-bond donors (Lipinski definition) is 2. The first-order valence-corrected chi connectivity index (χ1v) is 7.46. The van der Waals surface area contributed by atoms with E-state index in [-0.39, 0.29) is 0 Å². The third-order valence-electron chi connectivity index (χ3n) is 3.43. The third-order valence-corrected chi connectivity index (χ3v) is 3.43. The summed E-state index contributed by atoms with van der Waals surface area (Å²) in [7, 11) is 3.51. The fourth-order valence-corrected chi connectivity index (χ4v) is 2.16. The lowest BCUT2D eigenvalue weighted by Crippen LogP contribution is -2.37. The normalized spacial score (nSPS) is 12.3. The van der Waals surface area contributed by atoms with Crippen LogP contribution in [0.1, 0.15) is 16.7 Å². The molecular formula is C16H20F3N5. The van der Waals surface area contributed by atoms with E-state index in [0.29, 0.717) is 25.5 Å². The Bertz CT molecular complexity index is 674. The Morgan fingerprint density at radius 3 is 2.42 bits per heavy atom. The van der Waals surface area contributed by atoms with Gasteiger partial charge < -0.3 is 10.6 Å². The van der Waals surface area contributed by atoms with Crippen molar-refractivity contribution in [3.8, 4) is 0 Å². The van der Waals surface area contributed by atoms with Crippen LogP contribution in [0.2, 0.25) is 0 Å². The molecule has 24 heavy (non-hydrogen) atoms. The van der Waals surface area contributed by atoms with Gasteiger partial charge in [-0.1, -0.05) is 12.1 Å². The minimum atomic E-state index is -4.30. The Morgan fingerprint density at radius 1 is 1.17 bits per heavy atom. The summed E-state index contributed by atoms with van der Waals surface area (Å²) in [5, 5.41) is 10.4. The molecule has 0 unspecified atom stereocenters. The summed E-state index contributed by atoms with van der Waals surface area (Å²) in [6, 6.07) is 5.20. The molecule has 0 aliphatic carbocycles. The number of alkyl halides is 3. The molecule has 0 saturated heterocycles. The van der Waals surface area contributed by atoms with Crippen LogP contribution < -0.4 is 10.6 Å². The summed E-state index contributed by atoms with van der Waals surface area (Å²) in [5.41, 5.74) is 1.23. The predicted molar refractivity (Wildman–Crippen MR) is 86.6 cm³/mol. The van der Waals surface area contributed by atoms with Gasteiger partial charge in [-0.05, 0) is 24.1 Å². The van der Waals surface area contributed by atoms with Crippen molar-refractivity contribution in [2.24, 2.45) is 12.0 Å². The molecule has 8 heteroatoms. The number of benzene rings is 1. The van der Waals surface area contributed by atoms with E-state index in [4.69, 9.17) is 0 Å². The number of aryl methyl sites for hydroxylation is 1. The standard InChI is InChI=1S/C16H20F3N5/c1-20-15(22-9-13-10-23-24(2)11-13)21-8-7-12-3-5-14(6-4-12)16(17,18)19/h3-6,10-11H,7-9H2,1-2H3,(H2,20,21,22). The maximum atomic E-state index is 12.5. The van der Waals surface area contributed by atoms with E-state index < -0.39 is 11.7 Å². The lowest BCUT2D eigenvalue weighted by molar-refractivity contribution is -0.137. The lowest BCUT2D eigenvalue weighted by atomic mass is 10.1. The van der Waals surface area contributed by atoms with Crippen molar-refractivity contribution < 1.29 is 13.2 Å². The highest BCUT2D eigenvalue weighted by Gasteiger charge is 2.29. The van der Waals surface area contributed by atoms with Crippen LogP contribution in [0.3, 0.4) is 0 Å². The van der Waals surface area contributed by atoms with Crippen molar-refractivity contribution in [1.82, 2.24) is 20.4 Å². The van der Waals surface area contributed by atoms with E-state index in [9.17, 15) is 13.2 Å². The van der Waals surface area contributed by atoms with Gasteiger partial charge in [0.05, 0.1) is 11.8 Å². The van der Waals surface area contributed by atoms with Crippen LogP contribution in [-0.2, 0) is 26.2 Å². The van der Waals surface area contributed by atoms with Crippen molar-refractivity contribution in [2.75, 3.05) is 13.6 Å². The highest BCUT2D eigenvalue weighted by molar-refractivity contribution is 5.79. The van der Waals surface area contributed by atoms with E-state index in [1.807, 2.05) is 13.2 Å². The number of guanidine groups is 1. The number of nitrogens with zero attached hydrogens (tertiary/aromatic N) is 3. The number of aromatic nitrogens is 2. The second-order valence-corrected chi connectivity index (χ2v) is 5.32. The molecule has 1 heterocycles. The first-order valence-electron chi connectivity index (χ1n) is 7.46. The maximum absolute atomic E-state index is 12.5. The number of nitrogens with one attached hydrogen (secondary N) is 2. The second kappa shape index (κ2) is 7.85. The molecule has 1 aromatic heterocycles. The Labute approximate surface area is 138 Å². The molecule has 0 amide bonds. The monoisotopic (exact) mass is 339 g/mol. The highest BCUT2D eigenvalue weighted by Crippen LogP contribution is 2.29. The molecule has 0 atom stereocenters. The average Bonchev–Trinajstić information content (AvgIpc) is 2.96. The molecule has 130 valence electrons. The minimum absolute atomic E-state index is 0.568. The van der Waals surface area contributed by atoms with Gasteiger partial charge in [0.2, 0.25) is 0 Å². The van der Waals surface area contributed by atoms with Gasteiger partial charge in [-0.15, -0.1) is 0 Å². The molecule has 2 aromatic rings. The first-order chi connectivity index (χ1) is 11.4. The van der Waals surface area contributed by atoms with Gasteiger partial charge in [0.25, 0.3) is 0 Å². The number of rotatable bonds is 5. The van der Waals surface area contributed by atoms with Crippen molar-refractivity contribution in [2.45, 2.75) is 19.1 Å². The third kappa shape index (κ3) is 5.29. The zero-order valence-corrected chi connectivity index (χ0v) is 13.6. The number of aliphatic imine (C=N–C) groups is 1. The van der Waals surface area contributed by atoms with E-state index >= 15 is 0 Å². The van der Waals surface area contributed by atoms with Gasteiger partial charge in [0.15, 0.2) is 5.96 Å². The zero-order chi connectivity index (χ0) is 17.6. The minimum Gasteiger partial charge on any atom is -0.356 e. The molecule has 2 N–H and O–H groups in total. The van der Waals surface area contributed by atoms with Crippen LogP contribution in [0.5, 0.6) is 0 Å². The van der Waals surface area contributed by atoms with Crippen LogP contribution >= 0.6 is 0 Å². The summed E-state index contributed by atoms with van der Waals surface area (Å²) in [6.45, 7) is 1.16. The van der Waals surface area contributed by atoms with Gasteiger partial charge in [0, 0.05) is 38.9 Å². The van der Waals surface area contributed by atoms with Crippen LogP contribution in [0.4, 0.5) is 13.2 Å². The Hall–Kier alpha value is -2.51.